The maximum Gasteiger partial charge on any atom is 0.343 e. The van der Waals surface area contributed by atoms with Crippen molar-refractivity contribution in [1.82, 2.24) is 0 Å². The zero-order valence-corrected chi connectivity index (χ0v) is 7.69. The molecule has 0 fully saturated rings. The molecular formula is C10H10O4. The van der Waals surface area contributed by atoms with Gasteiger partial charge in [0.25, 0.3) is 0 Å². The quantitative estimate of drug-likeness (QED) is 0.587. The van der Waals surface area contributed by atoms with E-state index in [-0.39, 0.29) is 11.5 Å². The van der Waals surface area contributed by atoms with Crippen molar-refractivity contribution in [1.29, 1.82) is 0 Å². The summed E-state index contributed by atoms with van der Waals surface area (Å²) in [6.45, 7) is 3.26. The Hall–Kier alpha value is -1.97. The summed E-state index contributed by atoms with van der Waals surface area (Å²) in [6.07, 6.45) is 1.04. The molecule has 4 nitrogen and oxygen atoms in total. The molecule has 0 amide bonds. The van der Waals surface area contributed by atoms with Crippen LogP contribution in [0, 0.1) is 0 Å². The molecular weight excluding hydrogens is 184 g/mol. The summed E-state index contributed by atoms with van der Waals surface area (Å²) in [7, 11) is 1.40. The van der Waals surface area contributed by atoms with Crippen LogP contribution in [0.15, 0.2) is 31.0 Å². The van der Waals surface area contributed by atoms with Crippen LogP contribution in [0.1, 0.15) is 10.4 Å². The standard InChI is InChI=1S/C10H10O4/c1-3-14-10(12)7-4-5-8(11)9(6-7)13-2/h3-6,11H,1H2,2H3. The normalized spacial score (nSPS) is 9.21. The molecule has 14 heavy (non-hydrogen) atoms. The van der Waals surface area contributed by atoms with Crippen LogP contribution in [0.5, 0.6) is 11.5 Å². The van der Waals surface area contributed by atoms with Gasteiger partial charge in [0.15, 0.2) is 11.5 Å². The van der Waals surface area contributed by atoms with E-state index < -0.39 is 5.97 Å². The Balaban J connectivity index is 2.99. The summed E-state index contributed by atoms with van der Waals surface area (Å²) in [5.74, 6) is -0.343. The summed E-state index contributed by atoms with van der Waals surface area (Å²) in [6, 6.07) is 4.18. The van der Waals surface area contributed by atoms with Crippen LogP contribution in [0.25, 0.3) is 0 Å². The number of ether oxygens (including phenoxy) is 2. The first kappa shape index (κ1) is 10.1. The predicted octanol–water partition coefficient (Wildman–Crippen LogP) is 1.70. The highest BCUT2D eigenvalue weighted by molar-refractivity contribution is 5.90. The van der Waals surface area contributed by atoms with Gasteiger partial charge in [-0.15, -0.1) is 0 Å². The monoisotopic (exact) mass is 194 g/mol. The number of phenolic OH excluding ortho intramolecular Hbond substituents is 1. The van der Waals surface area contributed by atoms with Gasteiger partial charge in [-0.1, -0.05) is 6.58 Å². The average molecular weight is 194 g/mol. The molecule has 1 aromatic rings. The van der Waals surface area contributed by atoms with E-state index in [1.807, 2.05) is 0 Å². The van der Waals surface area contributed by atoms with E-state index in [1.54, 1.807) is 0 Å². The summed E-state index contributed by atoms with van der Waals surface area (Å²) in [5, 5.41) is 9.25. The fourth-order valence-corrected chi connectivity index (χ4v) is 0.948. The first-order chi connectivity index (χ1) is 6.69. The SMILES string of the molecule is C=COC(=O)c1ccc(O)c(OC)c1. The van der Waals surface area contributed by atoms with Crippen molar-refractivity contribution in [3.05, 3.63) is 36.6 Å². The number of benzene rings is 1. The minimum Gasteiger partial charge on any atom is -0.504 e. The molecule has 1 rings (SSSR count). The van der Waals surface area contributed by atoms with Crippen LogP contribution in [0.2, 0.25) is 0 Å². The molecule has 4 heteroatoms. The highest BCUT2D eigenvalue weighted by Crippen LogP contribution is 2.26. The van der Waals surface area contributed by atoms with E-state index >= 15 is 0 Å². The second kappa shape index (κ2) is 4.32. The number of rotatable bonds is 3. The van der Waals surface area contributed by atoms with Gasteiger partial charge in [-0.2, -0.15) is 0 Å². The Morgan fingerprint density at radius 1 is 1.57 bits per heavy atom. The second-order valence-corrected chi connectivity index (χ2v) is 2.46. The van der Waals surface area contributed by atoms with Crippen molar-refractivity contribution in [2.45, 2.75) is 0 Å². The predicted molar refractivity (Wildman–Crippen MR) is 50.3 cm³/mol. The summed E-state index contributed by atoms with van der Waals surface area (Å²) in [4.78, 5) is 11.2. The van der Waals surface area contributed by atoms with Gasteiger partial charge in [-0.05, 0) is 18.2 Å². The smallest absolute Gasteiger partial charge is 0.343 e. The van der Waals surface area contributed by atoms with Gasteiger partial charge < -0.3 is 14.6 Å². The molecule has 0 saturated heterocycles. The van der Waals surface area contributed by atoms with Crippen LogP contribution >= 0.6 is 0 Å². The van der Waals surface area contributed by atoms with Crippen molar-refractivity contribution in [3.8, 4) is 11.5 Å². The molecule has 0 saturated carbocycles. The number of esters is 1. The van der Waals surface area contributed by atoms with E-state index in [9.17, 15) is 9.90 Å². The fraction of sp³-hybridized carbons (Fsp3) is 0.100. The molecule has 0 aliphatic heterocycles. The van der Waals surface area contributed by atoms with Gasteiger partial charge in [0.05, 0.1) is 18.9 Å². The van der Waals surface area contributed by atoms with E-state index in [0.29, 0.717) is 5.56 Å². The summed E-state index contributed by atoms with van der Waals surface area (Å²) < 4.78 is 9.39. The number of phenols is 1. The van der Waals surface area contributed by atoms with Gasteiger partial charge in [-0.3, -0.25) is 0 Å². The third-order valence-corrected chi connectivity index (χ3v) is 1.61. The first-order valence-corrected chi connectivity index (χ1v) is 3.88. The first-order valence-electron chi connectivity index (χ1n) is 3.88. The van der Waals surface area contributed by atoms with Crippen molar-refractivity contribution >= 4 is 5.97 Å². The molecule has 0 spiro atoms. The minimum absolute atomic E-state index is 0.0253. The molecule has 0 unspecified atom stereocenters. The van der Waals surface area contributed by atoms with Crippen molar-refractivity contribution in [3.63, 3.8) is 0 Å². The average Bonchev–Trinajstić information content (AvgIpc) is 2.19. The zero-order chi connectivity index (χ0) is 10.6. The summed E-state index contributed by atoms with van der Waals surface area (Å²) >= 11 is 0. The van der Waals surface area contributed by atoms with E-state index in [4.69, 9.17) is 4.74 Å². The highest BCUT2D eigenvalue weighted by Gasteiger charge is 2.09. The Morgan fingerprint density at radius 2 is 2.29 bits per heavy atom. The lowest BCUT2D eigenvalue weighted by atomic mass is 10.2. The van der Waals surface area contributed by atoms with Crippen molar-refractivity contribution < 1.29 is 19.4 Å². The molecule has 1 aromatic carbocycles. The largest absolute Gasteiger partial charge is 0.504 e. The Bertz CT molecular complexity index is 357. The van der Waals surface area contributed by atoms with Crippen LogP contribution in [-0.2, 0) is 4.74 Å². The number of carbonyl (C=O) groups excluding carboxylic acids is 1. The summed E-state index contributed by atoms with van der Waals surface area (Å²) in [5.41, 5.74) is 0.291. The Kier molecular flexibility index (Phi) is 3.12. The third-order valence-electron chi connectivity index (χ3n) is 1.61. The molecule has 0 aliphatic rings. The van der Waals surface area contributed by atoms with E-state index in [1.165, 1.54) is 25.3 Å². The minimum atomic E-state index is -0.543. The Morgan fingerprint density at radius 3 is 2.86 bits per heavy atom. The maximum atomic E-state index is 11.2. The zero-order valence-electron chi connectivity index (χ0n) is 7.69. The lowest BCUT2D eigenvalue weighted by Crippen LogP contribution is -2.00. The molecule has 0 heterocycles. The van der Waals surface area contributed by atoms with E-state index in [2.05, 4.69) is 11.3 Å². The van der Waals surface area contributed by atoms with Gasteiger partial charge in [0.2, 0.25) is 0 Å². The van der Waals surface area contributed by atoms with Crippen LogP contribution < -0.4 is 4.74 Å². The number of hydrogen-bond donors (Lipinski definition) is 1. The van der Waals surface area contributed by atoms with Crippen LogP contribution in [0.4, 0.5) is 0 Å². The number of aromatic hydroxyl groups is 1. The molecule has 1 N–H and O–H groups in total. The second-order valence-electron chi connectivity index (χ2n) is 2.46. The lowest BCUT2D eigenvalue weighted by Gasteiger charge is -2.04. The number of hydrogen-bond acceptors (Lipinski definition) is 4. The van der Waals surface area contributed by atoms with Gasteiger partial charge in [-0.25, -0.2) is 4.79 Å². The van der Waals surface area contributed by atoms with Crippen molar-refractivity contribution in [2.24, 2.45) is 0 Å². The van der Waals surface area contributed by atoms with Gasteiger partial charge in [0.1, 0.15) is 0 Å². The fourth-order valence-electron chi connectivity index (χ4n) is 0.948. The lowest BCUT2D eigenvalue weighted by molar-refractivity contribution is 0.0664. The van der Waals surface area contributed by atoms with Gasteiger partial charge >= 0.3 is 5.97 Å². The van der Waals surface area contributed by atoms with E-state index in [0.717, 1.165) is 6.26 Å². The number of methoxy groups -OCH3 is 1. The van der Waals surface area contributed by atoms with Crippen LogP contribution in [0.3, 0.4) is 0 Å². The molecule has 0 bridgehead atoms. The molecule has 0 atom stereocenters. The molecule has 0 aliphatic carbocycles. The maximum absolute atomic E-state index is 11.2. The highest BCUT2D eigenvalue weighted by atomic mass is 16.5. The van der Waals surface area contributed by atoms with Crippen LogP contribution in [-0.4, -0.2) is 18.2 Å². The van der Waals surface area contributed by atoms with Gasteiger partial charge in [0, 0.05) is 0 Å². The van der Waals surface area contributed by atoms with Crippen molar-refractivity contribution in [2.75, 3.05) is 7.11 Å². The molecule has 0 aromatic heterocycles. The topological polar surface area (TPSA) is 55.8 Å². The number of carbonyl (C=O) groups is 1. The molecule has 0 radical (unpaired) electrons. The third kappa shape index (κ3) is 2.04. The molecule has 74 valence electrons. The Labute approximate surface area is 81.4 Å².